The van der Waals surface area contributed by atoms with E-state index in [1.807, 2.05) is 16.9 Å². The zero-order chi connectivity index (χ0) is 10.8. The van der Waals surface area contributed by atoms with E-state index in [1.54, 1.807) is 6.20 Å². The summed E-state index contributed by atoms with van der Waals surface area (Å²) in [6.07, 6.45) is 11.2. The average molecular weight is 222 g/mol. The van der Waals surface area contributed by atoms with Crippen LogP contribution in [0.15, 0.2) is 18.5 Å². The lowest BCUT2D eigenvalue weighted by atomic mass is 9.96. The summed E-state index contributed by atoms with van der Waals surface area (Å²) in [5.74, 6) is 0. The van der Waals surface area contributed by atoms with E-state index < -0.39 is 0 Å². The molecule has 4 nitrogen and oxygen atoms in total. The fraction of sp³-hybridized carbons (Fsp3) is 0.750. The summed E-state index contributed by atoms with van der Waals surface area (Å²) in [4.78, 5) is 0. The van der Waals surface area contributed by atoms with Crippen molar-refractivity contribution in [1.82, 2.24) is 9.78 Å². The van der Waals surface area contributed by atoms with E-state index in [0.29, 0.717) is 6.10 Å². The molecule has 2 atom stereocenters. The number of rotatable bonds is 3. The van der Waals surface area contributed by atoms with Crippen molar-refractivity contribution in [3.63, 3.8) is 0 Å². The first-order chi connectivity index (χ1) is 7.92. The smallest absolute Gasteiger partial charge is 0.160 e. The second-order valence-corrected chi connectivity index (χ2v) is 4.63. The third kappa shape index (κ3) is 2.13. The Morgan fingerprint density at radius 3 is 2.75 bits per heavy atom. The first-order valence-electron chi connectivity index (χ1n) is 6.22. The van der Waals surface area contributed by atoms with Crippen molar-refractivity contribution in [2.24, 2.45) is 0 Å². The molecule has 0 N–H and O–H groups in total. The Morgan fingerprint density at radius 1 is 1.19 bits per heavy atom. The van der Waals surface area contributed by atoms with Gasteiger partial charge in [0.15, 0.2) is 12.5 Å². The quantitative estimate of drug-likeness (QED) is 0.788. The SMILES string of the molecule is c1cnn(C2CCCC(OC3CCC3)O2)c1. The highest BCUT2D eigenvalue weighted by atomic mass is 16.7. The molecule has 2 heterocycles. The van der Waals surface area contributed by atoms with E-state index in [-0.39, 0.29) is 12.5 Å². The first-order valence-corrected chi connectivity index (χ1v) is 6.22. The molecule has 1 saturated carbocycles. The topological polar surface area (TPSA) is 36.3 Å². The molecule has 4 heteroatoms. The highest BCUT2D eigenvalue weighted by molar-refractivity contribution is 4.80. The van der Waals surface area contributed by atoms with Crippen molar-refractivity contribution in [2.45, 2.75) is 57.1 Å². The van der Waals surface area contributed by atoms with Gasteiger partial charge in [0, 0.05) is 12.4 Å². The molecule has 3 rings (SSSR count). The van der Waals surface area contributed by atoms with Gasteiger partial charge in [0.1, 0.15) is 0 Å². The van der Waals surface area contributed by atoms with Crippen molar-refractivity contribution in [3.05, 3.63) is 18.5 Å². The average Bonchev–Trinajstić information content (AvgIpc) is 2.77. The number of hydrogen-bond acceptors (Lipinski definition) is 3. The van der Waals surface area contributed by atoms with Crippen LogP contribution in [0.2, 0.25) is 0 Å². The first kappa shape index (κ1) is 10.3. The molecule has 16 heavy (non-hydrogen) atoms. The molecule has 0 spiro atoms. The van der Waals surface area contributed by atoms with Crippen molar-refractivity contribution in [3.8, 4) is 0 Å². The van der Waals surface area contributed by atoms with Crippen LogP contribution in [-0.2, 0) is 9.47 Å². The Bertz CT molecular complexity index is 322. The zero-order valence-electron chi connectivity index (χ0n) is 9.42. The van der Waals surface area contributed by atoms with Gasteiger partial charge in [-0.1, -0.05) is 0 Å². The third-order valence-electron chi connectivity index (χ3n) is 3.42. The second kappa shape index (κ2) is 4.55. The number of hydrogen-bond donors (Lipinski definition) is 0. The summed E-state index contributed by atoms with van der Waals surface area (Å²) in [5, 5.41) is 4.22. The molecular weight excluding hydrogens is 204 g/mol. The van der Waals surface area contributed by atoms with Crippen LogP contribution in [0, 0.1) is 0 Å². The largest absolute Gasteiger partial charge is 0.349 e. The summed E-state index contributed by atoms with van der Waals surface area (Å²) < 4.78 is 13.7. The van der Waals surface area contributed by atoms with Crippen LogP contribution >= 0.6 is 0 Å². The number of ether oxygens (including phenoxy) is 2. The molecule has 88 valence electrons. The van der Waals surface area contributed by atoms with Gasteiger partial charge in [-0.25, -0.2) is 4.68 Å². The molecular formula is C12H18N2O2. The van der Waals surface area contributed by atoms with Crippen molar-refractivity contribution in [2.75, 3.05) is 0 Å². The van der Waals surface area contributed by atoms with Gasteiger partial charge in [-0.3, -0.25) is 0 Å². The fourth-order valence-corrected chi connectivity index (χ4v) is 2.24. The van der Waals surface area contributed by atoms with Gasteiger partial charge < -0.3 is 9.47 Å². The minimum atomic E-state index is -0.0201. The van der Waals surface area contributed by atoms with Gasteiger partial charge in [-0.05, 0) is 44.6 Å². The Morgan fingerprint density at radius 2 is 2.06 bits per heavy atom. The maximum absolute atomic E-state index is 5.92. The van der Waals surface area contributed by atoms with E-state index in [4.69, 9.17) is 9.47 Å². The molecule has 0 amide bonds. The van der Waals surface area contributed by atoms with Crippen LogP contribution in [0.1, 0.15) is 44.8 Å². The predicted molar refractivity (Wildman–Crippen MR) is 58.7 cm³/mol. The Hall–Kier alpha value is -0.870. The van der Waals surface area contributed by atoms with Gasteiger partial charge in [0.2, 0.25) is 0 Å². The molecule has 2 fully saturated rings. The number of aromatic nitrogens is 2. The van der Waals surface area contributed by atoms with Crippen LogP contribution in [0.3, 0.4) is 0 Å². The zero-order valence-corrected chi connectivity index (χ0v) is 9.42. The maximum atomic E-state index is 5.92. The summed E-state index contributed by atoms with van der Waals surface area (Å²) >= 11 is 0. The normalized spacial score (nSPS) is 31.2. The Labute approximate surface area is 95.5 Å². The van der Waals surface area contributed by atoms with Crippen molar-refractivity contribution in [1.29, 1.82) is 0 Å². The van der Waals surface area contributed by atoms with Gasteiger partial charge in [-0.15, -0.1) is 0 Å². The molecule has 1 aliphatic heterocycles. The minimum Gasteiger partial charge on any atom is -0.349 e. The Kier molecular flexibility index (Phi) is 2.93. The molecule has 1 aliphatic carbocycles. The molecule has 1 saturated heterocycles. The van der Waals surface area contributed by atoms with E-state index >= 15 is 0 Å². The lowest BCUT2D eigenvalue weighted by Crippen LogP contribution is -2.34. The van der Waals surface area contributed by atoms with Crippen LogP contribution < -0.4 is 0 Å². The van der Waals surface area contributed by atoms with Gasteiger partial charge >= 0.3 is 0 Å². The highest BCUT2D eigenvalue weighted by Crippen LogP contribution is 2.31. The third-order valence-corrected chi connectivity index (χ3v) is 3.42. The predicted octanol–water partition coefficient (Wildman–Crippen LogP) is 2.48. The van der Waals surface area contributed by atoms with Crippen LogP contribution in [0.4, 0.5) is 0 Å². The monoisotopic (exact) mass is 222 g/mol. The van der Waals surface area contributed by atoms with E-state index in [2.05, 4.69) is 5.10 Å². The van der Waals surface area contributed by atoms with Crippen molar-refractivity contribution >= 4 is 0 Å². The lowest BCUT2D eigenvalue weighted by molar-refractivity contribution is -0.244. The van der Waals surface area contributed by atoms with Gasteiger partial charge in [-0.2, -0.15) is 5.10 Å². The van der Waals surface area contributed by atoms with E-state index in [1.165, 1.54) is 19.3 Å². The van der Waals surface area contributed by atoms with Gasteiger partial charge in [0.25, 0.3) is 0 Å². The summed E-state index contributed by atoms with van der Waals surface area (Å²) in [5.41, 5.74) is 0. The summed E-state index contributed by atoms with van der Waals surface area (Å²) in [6.45, 7) is 0. The maximum Gasteiger partial charge on any atom is 0.160 e. The number of nitrogens with zero attached hydrogens (tertiary/aromatic N) is 2. The highest BCUT2D eigenvalue weighted by Gasteiger charge is 2.28. The fourth-order valence-electron chi connectivity index (χ4n) is 2.24. The van der Waals surface area contributed by atoms with Gasteiger partial charge in [0.05, 0.1) is 6.10 Å². The molecule has 2 aliphatic rings. The van der Waals surface area contributed by atoms with E-state index in [0.717, 1.165) is 19.3 Å². The van der Waals surface area contributed by atoms with E-state index in [9.17, 15) is 0 Å². The summed E-state index contributed by atoms with van der Waals surface area (Å²) in [6, 6.07) is 1.93. The summed E-state index contributed by atoms with van der Waals surface area (Å²) in [7, 11) is 0. The van der Waals surface area contributed by atoms with Crippen LogP contribution in [0.25, 0.3) is 0 Å². The molecule has 0 bridgehead atoms. The van der Waals surface area contributed by atoms with Crippen LogP contribution in [-0.4, -0.2) is 22.2 Å². The molecule has 0 aromatic carbocycles. The van der Waals surface area contributed by atoms with Crippen molar-refractivity contribution < 1.29 is 9.47 Å². The minimum absolute atomic E-state index is 0.0201. The standard InChI is InChI=1S/C12H18N2O2/c1-4-10(5-1)15-12-7-2-6-11(16-12)14-9-3-8-13-14/h3,8-12H,1-2,4-7H2. The lowest BCUT2D eigenvalue weighted by Gasteiger charge is -2.35. The Balaban J connectivity index is 1.56. The second-order valence-electron chi connectivity index (χ2n) is 4.63. The van der Waals surface area contributed by atoms with Crippen LogP contribution in [0.5, 0.6) is 0 Å². The molecule has 0 radical (unpaired) electrons. The molecule has 1 aromatic heterocycles. The molecule has 1 aromatic rings. The molecule has 2 unspecified atom stereocenters.